The van der Waals surface area contributed by atoms with E-state index in [1.54, 1.807) is 0 Å². The molecule has 2 rings (SSSR count). The van der Waals surface area contributed by atoms with Crippen LogP contribution in [0.4, 0.5) is 0 Å². The largest absolute Gasteiger partial charge is 0.304 e. The van der Waals surface area contributed by atoms with Gasteiger partial charge < -0.3 is 4.90 Å². The van der Waals surface area contributed by atoms with Gasteiger partial charge in [-0.2, -0.15) is 0 Å². The fraction of sp³-hybridized carbons (Fsp3) is 0.647. The molecule has 0 aromatic heterocycles. The van der Waals surface area contributed by atoms with E-state index < -0.39 is 0 Å². The molecule has 0 radical (unpaired) electrons. The van der Waals surface area contributed by atoms with Gasteiger partial charge in [0.15, 0.2) is 0 Å². The van der Waals surface area contributed by atoms with Crippen molar-refractivity contribution < 1.29 is 0 Å². The first-order valence-electron chi connectivity index (χ1n) is 7.60. The SMILES string of the molecule is CCN1CCC(c2ccc(CC(C)C)cc2Cl)CC1. The minimum Gasteiger partial charge on any atom is -0.304 e. The third-order valence-corrected chi connectivity index (χ3v) is 4.51. The van der Waals surface area contributed by atoms with E-state index in [1.165, 1.54) is 43.6 Å². The quantitative estimate of drug-likeness (QED) is 0.770. The summed E-state index contributed by atoms with van der Waals surface area (Å²) in [5, 5.41) is 0.980. The van der Waals surface area contributed by atoms with E-state index in [9.17, 15) is 0 Å². The zero-order valence-electron chi connectivity index (χ0n) is 12.5. The molecule has 1 saturated heterocycles. The van der Waals surface area contributed by atoms with E-state index in [2.05, 4.69) is 43.9 Å². The van der Waals surface area contributed by atoms with Gasteiger partial charge in [0.2, 0.25) is 0 Å². The highest BCUT2D eigenvalue weighted by atomic mass is 35.5. The third kappa shape index (κ3) is 3.97. The van der Waals surface area contributed by atoms with Crippen LogP contribution in [0.5, 0.6) is 0 Å². The first-order valence-corrected chi connectivity index (χ1v) is 7.98. The fourth-order valence-electron chi connectivity index (χ4n) is 3.06. The molecule has 1 heterocycles. The molecular formula is C17H26ClN. The summed E-state index contributed by atoms with van der Waals surface area (Å²) in [5.41, 5.74) is 2.74. The molecule has 0 unspecified atom stereocenters. The summed E-state index contributed by atoms with van der Waals surface area (Å²) < 4.78 is 0. The van der Waals surface area contributed by atoms with Crippen LogP contribution in [0.15, 0.2) is 18.2 Å². The minimum absolute atomic E-state index is 0.656. The van der Waals surface area contributed by atoms with E-state index in [1.807, 2.05) is 0 Å². The molecule has 1 aromatic carbocycles. The van der Waals surface area contributed by atoms with Crippen LogP contribution in [0.2, 0.25) is 5.02 Å². The second-order valence-corrected chi connectivity index (χ2v) is 6.57. The minimum atomic E-state index is 0.656. The lowest BCUT2D eigenvalue weighted by molar-refractivity contribution is 0.222. The van der Waals surface area contributed by atoms with Crippen LogP contribution in [0.25, 0.3) is 0 Å². The molecule has 0 amide bonds. The van der Waals surface area contributed by atoms with Crippen LogP contribution in [0.3, 0.4) is 0 Å². The summed E-state index contributed by atoms with van der Waals surface area (Å²) >= 11 is 6.50. The average molecular weight is 280 g/mol. The number of nitrogens with zero attached hydrogens (tertiary/aromatic N) is 1. The van der Waals surface area contributed by atoms with Crippen molar-refractivity contribution in [1.29, 1.82) is 0 Å². The molecule has 1 nitrogen and oxygen atoms in total. The maximum atomic E-state index is 6.50. The smallest absolute Gasteiger partial charge is 0.0443 e. The Hall–Kier alpha value is -0.530. The zero-order valence-corrected chi connectivity index (χ0v) is 13.2. The van der Waals surface area contributed by atoms with Gasteiger partial charge in [0.25, 0.3) is 0 Å². The summed E-state index contributed by atoms with van der Waals surface area (Å²) in [7, 11) is 0. The van der Waals surface area contributed by atoms with Gasteiger partial charge in [-0.1, -0.05) is 44.5 Å². The van der Waals surface area contributed by atoms with Crippen molar-refractivity contribution in [3.8, 4) is 0 Å². The summed E-state index contributed by atoms with van der Waals surface area (Å²) in [5.74, 6) is 1.35. The Morgan fingerprint density at radius 1 is 1.26 bits per heavy atom. The normalized spacial score (nSPS) is 18.2. The summed E-state index contributed by atoms with van der Waals surface area (Å²) in [6, 6.07) is 6.73. The fourth-order valence-corrected chi connectivity index (χ4v) is 3.42. The molecule has 0 saturated carbocycles. The van der Waals surface area contributed by atoms with Gasteiger partial charge in [-0.3, -0.25) is 0 Å². The maximum Gasteiger partial charge on any atom is 0.0443 e. The topological polar surface area (TPSA) is 3.24 Å². The number of likely N-dealkylation sites (tertiary alicyclic amines) is 1. The summed E-state index contributed by atoms with van der Waals surface area (Å²) in [4.78, 5) is 2.53. The van der Waals surface area contributed by atoms with Crippen molar-refractivity contribution in [2.75, 3.05) is 19.6 Å². The monoisotopic (exact) mass is 279 g/mol. The van der Waals surface area contributed by atoms with Crippen molar-refractivity contribution in [2.24, 2.45) is 5.92 Å². The Bertz CT molecular complexity index is 406. The number of rotatable bonds is 4. The molecule has 0 spiro atoms. The Morgan fingerprint density at radius 3 is 2.47 bits per heavy atom. The molecule has 1 aliphatic heterocycles. The lowest BCUT2D eigenvalue weighted by atomic mass is 9.88. The zero-order chi connectivity index (χ0) is 13.8. The van der Waals surface area contributed by atoms with Crippen LogP contribution in [0, 0.1) is 5.92 Å². The number of benzene rings is 1. The van der Waals surface area contributed by atoms with Crippen LogP contribution >= 0.6 is 11.6 Å². The lowest BCUT2D eigenvalue weighted by Gasteiger charge is -2.31. The predicted octanol–water partition coefficient (Wildman–Crippen LogP) is 4.74. The highest BCUT2D eigenvalue weighted by molar-refractivity contribution is 6.31. The average Bonchev–Trinajstić information content (AvgIpc) is 2.38. The molecule has 0 aliphatic carbocycles. The van der Waals surface area contributed by atoms with Gasteiger partial charge in [0, 0.05) is 5.02 Å². The van der Waals surface area contributed by atoms with Crippen LogP contribution < -0.4 is 0 Å². The molecule has 1 aliphatic rings. The predicted molar refractivity (Wildman–Crippen MR) is 84.1 cm³/mol. The number of piperidine rings is 1. The Labute approximate surface area is 123 Å². The van der Waals surface area contributed by atoms with Crippen molar-refractivity contribution in [3.05, 3.63) is 34.3 Å². The van der Waals surface area contributed by atoms with Crippen LogP contribution in [0.1, 0.15) is 50.7 Å². The Morgan fingerprint density at radius 2 is 1.95 bits per heavy atom. The highest BCUT2D eigenvalue weighted by Gasteiger charge is 2.21. The van der Waals surface area contributed by atoms with Crippen LogP contribution in [-0.4, -0.2) is 24.5 Å². The Balaban J connectivity index is 2.05. The Kier molecular flexibility index (Phi) is 5.29. The van der Waals surface area contributed by atoms with Crippen molar-refractivity contribution in [2.45, 2.75) is 46.0 Å². The number of hydrogen-bond acceptors (Lipinski definition) is 1. The molecule has 106 valence electrons. The molecule has 1 aromatic rings. The van der Waals surface area contributed by atoms with Crippen molar-refractivity contribution in [1.82, 2.24) is 4.90 Å². The van der Waals surface area contributed by atoms with Crippen molar-refractivity contribution in [3.63, 3.8) is 0 Å². The molecule has 0 atom stereocenters. The molecular weight excluding hydrogens is 254 g/mol. The van der Waals surface area contributed by atoms with Crippen LogP contribution in [-0.2, 0) is 6.42 Å². The first kappa shape index (κ1) is 14.9. The second-order valence-electron chi connectivity index (χ2n) is 6.16. The van der Waals surface area contributed by atoms with Crippen molar-refractivity contribution >= 4 is 11.6 Å². The first-order chi connectivity index (χ1) is 9.10. The number of halogens is 1. The standard InChI is InChI=1S/C17H26ClN/c1-4-19-9-7-15(8-10-19)16-6-5-14(11-13(2)3)12-17(16)18/h5-6,12-13,15H,4,7-11H2,1-3H3. The van der Waals surface area contributed by atoms with E-state index in [0.29, 0.717) is 11.8 Å². The van der Waals surface area contributed by atoms with Gasteiger partial charge in [-0.05, 0) is 67.9 Å². The second kappa shape index (κ2) is 6.76. The number of hydrogen-bond donors (Lipinski definition) is 0. The molecule has 2 heteroatoms. The third-order valence-electron chi connectivity index (χ3n) is 4.18. The van der Waals surface area contributed by atoms with Gasteiger partial charge in [0.05, 0.1) is 0 Å². The molecule has 1 fully saturated rings. The molecule has 0 bridgehead atoms. The summed E-state index contributed by atoms with van der Waals surface area (Å²) in [6.45, 7) is 10.4. The van der Waals surface area contributed by atoms with E-state index in [-0.39, 0.29) is 0 Å². The maximum absolute atomic E-state index is 6.50. The lowest BCUT2D eigenvalue weighted by Crippen LogP contribution is -2.32. The van der Waals surface area contributed by atoms with Gasteiger partial charge in [-0.25, -0.2) is 0 Å². The highest BCUT2D eigenvalue weighted by Crippen LogP contribution is 2.33. The van der Waals surface area contributed by atoms with E-state index in [4.69, 9.17) is 11.6 Å². The van der Waals surface area contributed by atoms with Gasteiger partial charge >= 0.3 is 0 Å². The summed E-state index contributed by atoms with van der Waals surface area (Å²) in [6.07, 6.45) is 3.61. The molecule has 0 N–H and O–H groups in total. The van der Waals surface area contributed by atoms with Gasteiger partial charge in [0.1, 0.15) is 0 Å². The van der Waals surface area contributed by atoms with E-state index >= 15 is 0 Å². The molecule has 19 heavy (non-hydrogen) atoms. The van der Waals surface area contributed by atoms with E-state index in [0.717, 1.165) is 11.4 Å². The van der Waals surface area contributed by atoms with Gasteiger partial charge in [-0.15, -0.1) is 0 Å².